The van der Waals surface area contributed by atoms with Crippen LogP contribution in [0.4, 0.5) is 0 Å². The molecule has 1 saturated carbocycles. The molecule has 0 amide bonds. The maximum atomic E-state index is 2.99. The summed E-state index contributed by atoms with van der Waals surface area (Å²) >= 11 is 0. The third-order valence-corrected chi connectivity index (χ3v) is 2.80. The molecule has 3 aliphatic carbocycles. The number of allylic oxidation sites excluding steroid dienone is 8. The topological polar surface area (TPSA) is 0 Å². The Hall–Kier alpha value is 1.16. The molecule has 1 atom stereocenters. The molecule has 0 N–H and O–H groups in total. The minimum absolute atomic E-state index is 0. The number of halogens is 2. The Kier molecular flexibility index (Phi) is 14.7. The monoisotopic (exact) mass is 618 g/mol. The quantitative estimate of drug-likeness (QED) is 0.165. The number of fused-ring (bicyclic) bond motifs is 1. The Morgan fingerprint density at radius 2 is 2.00 bits per heavy atom. The van der Waals surface area contributed by atoms with E-state index in [1.54, 1.807) is 5.57 Å². The molecular formula is C14H16HfI2. The van der Waals surface area contributed by atoms with Crippen LogP contribution < -0.4 is 48.0 Å². The first-order valence-electron chi connectivity index (χ1n) is 5.38. The van der Waals surface area contributed by atoms with Gasteiger partial charge in [0.1, 0.15) is 0 Å². The molecule has 1 unspecified atom stereocenters. The van der Waals surface area contributed by atoms with Gasteiger partial charge in [-0.25, -0.2) is 30.2 Å². The first kappa shape index (κ1) is 20.5. The molecule has 90 valence electrons. The van der Waals surface area contributed by atoms with Crippen molar-refractivity contribution >= 4 is 0 Å². The van der Waals surface area contributed by atoms with E-state index in [2.05, 4.69) is 36.8 Å². The van der Waals surface area contributed by atoms with Crippen LogP contribution >= 0.6 is 0 Å². The Labute approximate surface area is 158 Å². The zero-order chi connectivity index (χ0) is 9.64. The van der Waals surface area contributed by atoms with E-state index in [0.717, 1.165) is 12.3 Å². The van der Waals surface area contributed by atoms with Gasteiger partial charge in [0.2, 0.25) is 0 Å². The third kappa shape index (κ3) is 7.35. The molecule has 0 aliphatic heterocycles. The largest absolute Gasteiger partial charge is 4.00 e. The van der Waals surface area contributed by atoms with E-state index in [-0.39, 0.29) is 73.8 Å². The molecule has 0 aromatic heterocycles. The van der Waals surface area contributed by atoms with E-state index >= 15 is 0 Å². The minimum atomic E-state index is 0. The summed E-state index contributed by atoms with van der Waals surface area (Å²) in [5.41, 5.74) is 1.58. The van der Waals surface area contributed by atoms with Crippen molar-refractivity contribution in [3.05, 3.63) is 54.5 Å². The van der Waals surface area contributed by atoms with E-state index in [1.807, 2.05) is 12.2 Å². The SMILES string of the molecule is C1=CCC2CC[CH-]C2=C1.[C-]1=CC=CC1.[Hf+4].[I-].[I-]. The smallest absolute Gasteiger partial charge is 1.00 e. The van der Waals surface area contributed by atoms with E-state index < -0.39 is 0 Å². The van der Waals surface area contributed by atoms with Gasteiger partial charge < -0.3 is 48.0 Å². The molecule has 0 heterocycles. The van der Waals surface area contributed by atoms with Crippen LogP contribution in [0.1, 0.15) is 25.7 Å². The average Bonchev–Trinajstić information content (AvgIpc) is 2.92. The molecule has 17 heavy (non-hydrogen) atoms. The maximum absolute atomic E-state index is 2.99. The van der Waals surface area contributed by atoms with Gasteiger partial charge in [-0.2, -0.15) is 6.08 Å². The third-order valence-electron chi connectivity index (χ3n) is 2.80. The van der Waals surface area contributed by atoms with Gasteiger partial charge >= 0.3 is 25.8 Å². The van der Waals surface area contributed by atoms with E-state index in [1.165, 1.54) is 19.3 Å². The van der Waals surface area contributed by atoms with Crippen LogP contribution in [0.5, 0.6) is 0 Å². The van der Waals surface area contributed by atoms with Crippen LogP contribution in [0, 0.1) is 18.4 Å². The minimum Gasteiger partial charge on any atom is -1.00 e. The van der Waals surface area contributed by atoms with Gasteiger partial charge in [0.15, 0.2) is 0 Å². The first-order chi connectivity index (χ1) is 6.97. The molecule has 0 radical (unpaired) electrons. The maximum Gasteiger partial charge on any atom is 4.00 e. The molecule has 3 heteroatoms. The van der Waals surface area contributed by atoms with E-state index in [4.69, 9.17) is 0 Å². The summed E-state index contributed by atoms with van der Waals surface area (Å²) in [4.78, 5) is 0. The van der Waals surface area contributed by atoms with Crippen LogP contribution in [-0.4, -0.2) is 0 Å². The van der Waals surface area contributed by atoms with Crippen molar-refractivity contribution in [3.8, 4) is 0 Å². The van der Waals surface area contributed by atoms with Crippen LogP contribution in [0.25, 0.3) is 0 Å². The average molecular weight is 617 g/mol. The van der Waals surface area contributed by atoms with Gasteiger partial charge in [-0.05, 0) is 12.3 Å². The molecule has 0 aromatic rings. The first-order valence-corrected chi connectivity index (χ1v) is 5.38. The van der Waals surface area contributed by atoms with Gasteiger partial charge in [-0.15, -0.1) is 25.0 Å². The van der Waals surface area contributed by atoms with Crippen molar-refractivity contribution in [1.29, 1.82) is 0 Å². The van der Waals surface area contributed by atoms with Crippen molar-refractivity contribution in [2.45, 2.75) is 25.7 Å². The van der Waals surface area contributed by atoms with Crippen molar-refractivity contribution in [3.63, 3.8) is 0 Å². The van der Waals surface area contributed by atoms with Crippen LogP contribution in [0.15, 0.2) is 42.0 Å². The molecule has 0 aromatic carbocycles. The molecule has 0 saturated heterocycles. The molecule has 3 aliphatic rings. The fourth-order valence-electron chi connectivity index (χ4n) is 2.00. The molecule has 0 bridgehead atoms. The zero-order valence-electron chi connectivity index (χ0n) is 9.70. The van der Waals surface area contributed by atoms with Gasteiger partial charge in [0.05, 0.1) is 0 Å². The number of rotatable bonds is 0. The number of hydrogen-bond acceptors (Lipinski definition) is 0. The second-order valence-corrected chi connectivity index (χ2v) is 3.81. The van der Waals surface area contributed by atoms with Gasteiger partial charge in [0, 0.05) is 0 Å². The summed E-state index contributed by atoms with van der Waals surface area (Å²) in [6, 6.07) is 0. The van der Waals surface area contributed by atoms with Crippen molar-refractivity contribution in [2.75, 3.05) is 0 Å². The van der Waals surface area contributed by atoms with Gasteiger partial charge in [-0.3, -0.25) is 6.08 Å². The number of hydrogen-bond donors (Lipinski definition) is 0. The fraction of sp³-hybridized carbons (Fsp3) is 0.357. The van der Waals surface area contributed by atoms with Gasteiger partial charge in [0.25, 0.3) is 0 Å². The molecular weight excluding hydrogens is 600 g/mol. The second-order valence-electron chi connectivity index (χ2n) is 3.81. The Morgan fingerprint density at radius 1 is 1.18 bits per heavy atom. The van der Waals surface area contributed by atoms with Gasteiger partial charge in [-0.1, -0.05) is 6.42 Å². The standard InChI is InChI=1S/C9H11.C5H5.Hf.2HI/c1-2-5-9-7-3-6-8(9)4-1;1-2-4-5-3-1;;;/h1-2,4,6,9H,3,5,7H2;1-3H,4H2;;2*1H/q2*-1;+4;;/p-2. The van der Waals surface area contributed by atoms with E-state index in [0.29, 0.717) is 0 Å². The molecule has 3 rings (SSSR count). The second kappa shape index (κ2) is 12.2. The van der Waals surface area contributed by atoms with E-state index in [9.17, 15) is 0 Å². The normalized spacial score (nSPS) is 21.6. The summed E-state index contributed by atoms with van der Waals surface area (Å²) in [7, 11) is 0. The fourth-order valence-corrected chi connectivity index (χ4v) is 2.00. The predicted molar refractivity (Wildman–Crippen MR) is 60.4 cm³/mol. The van der Waals surface area contributed by atoms with Crippen molar-refractivity contribution in [2.24, 2.45) is 5.92 Å². The predicted octanol–water partition coefficient (Wildman–Crippen LogP) is -2.20. The zero-order valence-corrected chi connectivity index (χ0v) is 17.6. The molecule has 0 spiro atoms. The molecule has 1 fully saturated rings. The summed E-state index contributed by atoms with van der Waals surface area (Å²) in [5.74, 6) is 0.884. The Morgan fingerprint density at radius 3 is 2.53 bits per heavy atom. The van der Waals surface area contributed by atoms with Crippen molar-refractivity contribution in [1.82, 2.24) is 0 Å². The summed E-state index contributed by atoms with van der Waals surface area (Å²) < 4.78 is 0. The Bertz CT molecular complexity index is 293. The summed E-state index contributed by atoms with van der Waals surface area (Å²) in [6.07, 6.45) is 23.0. The van der Waals surface area contributed by atoms with Crippen LogP contribution in [0.3, 0.4) is 0 Å². The van der Waals surface area contributed by atoms with Crippen molar-refractivity contribution < 1.29 is 73.8 Å². The Balaban J connectivity index is 0. The summed E-state index contributed by atoms with van der Waals surface area (Å²) in [5, 5.41) is 0. The summed E-state index contributed by atoms with van der Waals surface area (Å²) in [6.45, 7) is 0. The van der Waals surface area contributed by atoms with Crippen LogP contribution in [-0.2, 0) is 25.8 Å². The van der Waals surface area contributed by atoms with Crippen LogP contribution in [0.2, 0.25) is 0 Å². The molecule has 0 nitrogen and oxygen atoms in total.